The second kappa shape index (κ2) is 9.62. The number of carbonyl (C=O) groups is 1. The Morgan fingerprint density at radius 1 is 1.00 bits per heavy atom. The van der Waals surface area contributed by atoms with Crippen molar-refractivity contribution in [3.8, 4) is 11.5 Å². The number of carbonyl (C=O) groups excluding carboxylic acids is 1. The van der Waals surface area contributed by atoms with Crippen LogP contribution in [0.15, 0.2) is 53.0 Å². The van der Waals surface area contributed by atoms with E-state index in [2.05, 4.69) is 35.1 Å². The first-order valence-electron chi connectivity index (χ1n) is 8.75. The lowest BCUT2D eigenvalue weighted by molar-refractivity contribution is -0.128. The topological polar surface area (TPSA) is 47.6 Å². The zero-order valence-electron chi connectivity index (χ0n) is 15.7. The summed E-state index contributed by atoms with van der Waals surface area (Å²) in [7, 11) is 1.64. The minimum atomic E-state index is -0.580. The minimum Gasteiger partial charge on any atom is -0.497 e. The first-order valence-corrected chi connectivity index (χ1v) is 9.55. The Morgan fingerprint density at radius 2 is 1.58 bits per heavy atom. The van der Waals surface area contributed by atoms with Gasteiger partial charge < -0.3 is 14.8 Å². The lowest BCUT2D eigenvalue weighted by Crippen LogP contribution is -2.39. The fourth-order valence-corrected chi connectivity index (χ4v) is 2.91. The van der Waals surface area contributed by atoms with E-state index >= 15 is 0 Å². The van der Waals surface area contributed by atoms with Crippen LogP contribution >= 0.6 is 15.9 Å². The molecule has 0 aromatic heterocycles. The van der Waals surface area contributed by atoms with Crippen molar-refractivity contribution in [2.45, 2.75) is 39.3 Å². The average molecular weight is 420 g/mol. The molecule has 2 atom stereocenters. The van der Waals surface area contributed by atoms with Gasteiger partial charge in [-0.3, -0.25) is 4.79 Å². The number of halogens is 1. The van der Waals surface area contributed by atoms with Gasteiger partial charge in [-0.05, 0) is 61.2 Å². The highest BCUT2D eigenvalue weighted by Gasteiger charge is 2.21. The molecule has 0 fully saturated rings. The minimum absolute atomic E-state index is 0.0654. The fraction of sp³-hybridized carbons (Fsp3) is 0.381. The van der Waals surface area contributed by atoms with Crippen molar-refractivity contribution in [2.75, 3.05) is 7.11 Å². The molecule has 0 heterocycles. The van der Waals surface area contributed by atoms with E-state index in [1.54, 1.807) is 14.0 Å². The van der Waals surface area contributed by atoms with Gasteiger partial charge in [0.2, 0.25) is 0 Å². The van der Waals surface area contributed by atoms with Gasteiger partial charge in [-0.1, -0.05) is 41.9 Å². The highest BCUT2D eigenvalue weighted by Crippen LogP contribution is 2.24. The molecule has 0 saturated carbocycles. The first kappa shape index (κ1) is 20.3. The molecule has 0 spiro atoms. The molecule has 1 amide bonds. The molecule has 0 radical (unpaired) electrons. The van der Waals surface area contributed by atoms with Crippen molar-refractivity contribution in [2.24, 2.45) is 5.92 Å². The predicted octanol–water partition coefficient (Wildman–Crippen LogP) is 5.13. The molecule has 0 aliphatic carbocycles. The normalized spacial score (nSPS) is 13.2. The Morgan fingerprint density at radius 3 is 2.12 bits per heavy atom. The number of benzene rings is 2. The van der Waals surface area contributed by atoms with Crippen molar-refractivity contribution in [1.29, 1.82) is 0 Å². The van der Waals surface area contributed by atoms with E-state index in [0.29, 0.717) is 11.7 Å². The molecular weight excluding hydrogens is 394 g/mol. The van der Waals surface area contributed by atoms with Crippen LogP contribution in [-0.2, 0) is 4.79 Å². The molecule has 2 rings (SSSR count). The zero-order valence-corrected chi connectivity index (χ0v) is 17.2. The summed E-state index contributed by atoms with van der Waals surface area (Å²) < 4.78 is 11.9. The van der Waals surface area contributed by atoms with Gasteiger partial charge in [0, 0.05) is 4.47 Å². The number of methoxy groups -OCH3 is 1. The second-order valence-electron chi connectivity index (χ2n) is 6.68. The van der Waals surface area contributed by atoms with Crippen LogP contribution in [0.3, 0.4) is 0 Å². The van der Waals surface area contributed by atoms with Crippen LogP contribution in [0.4, 0.5) is 0 Å². The van der Waals surface area contributed by atoms with Gasteiger partial charge in [0.15, 0.2) is 6.10 Å². The van der Waals surface area contributed by atoms with Gasteiger partial charge in [0.25, 0.3) is 5.91 Å². The largest absolute Gasteiger partial charge is 0.497 e. The van der Waals surface area contributed by atoms with E-state index in [0.717, 1.165) is 22.2 Å². The summed E-state index contributed by atoms with van der Waals surface area (Å²) in [5.74, 6) is 1.79. The van der Waals surface area contributed by atoms with E-state index in [1.165, 1.54) is 0 Å². The quantitative estimate of drug-likeness (QED) is 0.644. The molecule has 140 valence electrons. The molecule has 4 nitrogen and oxygen atoms in total. The highest BCUT2D eigenvalue weighted by molar-refractivity contribution is 9.10. The number of rotatable bonds is 8. The molecule has 0 saturated heterocycles. The van der Waals surface area contributed by atoms with Gasteiger partial charge in [0.1, 0.15) is 11.5 Å². The van der Waals surface area contributed by atoms with Gasteiger partial charge in [0.05, 0.1) is 13.2 Å². The maximum atomic E-state index is 12.6. The highest BCUT2D eigenvalue weighted by atomic mass is 79.9. The lowest BCUT2D eigenvalue weighted by Gasteiger charge is -2.23. The Balaban J connectivity index is 2.05. The number of hydrogen-bond donors (Lipinski definition) is 1. The summed E-state index contributed by atoms with van der Waals surface area (Å²) in [5, 5.41) is 3.12. The summed E-state index contributed by atoms with van der Waals surface area (Å²) in [4.78, 5) is 12.6. The smallest absolute Gasteiger partial charge is 0.261 e. The summed E-state index contributed by atoms with van der Waals surface area (Å²) in [5.41, 5.74) is 1.06. The number of hydrogen-bond acceptors (Lipinski definition) is 3. The molecule has 5 heteroatoms. The van der Waals surface area contributed by atoms with Crippen LogP contribution in [0.25, 0.3) is 0 Å². The monoisotopic (exact) mass is 419 g/mol. The third-order valence-corrected chi connectivity index (χ3v) is 4.57. The third-order valence-electron chi connectivity index (χ3n) is 4.04. The Bertz CT molecular complexity index is 698. The third kappa shape index (κ3) is 6.06. The van der Waals surface area contributed by atoms with E-state index in [-0.39, 0.29) is 11.9 Å². The van der Waals surface area contributed by atoms with Gasteiger partial charge >= 0.3 is 0 Å². The molecule has 2 aromatic rings. The first-order chi connectivity index (χ1) is 12.4. The molecule has 2 aromatic carbocycles. The zero-order chi connectivity index (χ0) is 19.1. The Labute approximate surface area is 164 Å². The molecule has 26 heavy (non-hydrogen) atoms. The predicted molar refractivity (Wildman–Crippen MR) is 108 cm³/mol. The Kier molecular flexibility index (Phi) is 7.51. The maximum Gasteiger partial charge on any atom is 0.261 e. The number of ether oxygens (including phenoxy) is 2. The van der Waals surface area contributed by atoms with Crippen molar-refractivity contribution in [1.82, 2.24) is 5.32 Å². The SMILES string of the molecule is COc1ccc([C@H](CC(C)C)NC(=O)[C@H](C)Oc2ccc(Br)cc2)cc1. The standard InChI is InChI=1S/C21H26BrNO3/c1-14(2)13-20(16-5-9-18(25-4)10-6-16)23-21(24)15(3)26-19-11-7-17(22)8-12-19/h5-12,14-15,20H,13H2,1-4H3,(H,23,24)/t15-,20-/m0/s1. The molecule has 0 aliphatic heterocycles. The number of nitrogens with one attached hydrogen (secondary N) is 1. The molecule has 0 bridgehead atoms. The van der Waals surface area contributed by atoms with Gasteiger partial charge in [-0.15, -0.1) is 0 Å². The number of amides is 1. The van der Waals surface area contributed by atoms with E-state index < -0.39 is 6.10 Å². The van der Waals surface area contributed by atoms with Crippen LogP contribution in [0.5, 0.6) is 11.5 Å². The van der Waals surface area contributed by atoms with Gasteiger partial charge in [-0.25, -0.2) is 0 Å². The van der Waals surface area contributed by atoms with Crippen LogP contribution in [0.2, 0.25) is 0 Å². The Hall–Kier alpha value is -2.01. The summed E-state index contributed by atoms with van der Waals surface area (Å²) >= 11 is 3.39. The fourth-order valence-electron chi connectivity index (χ4n) is 2.65. The van der Waals surface area contributed by atoms with Crippen molar-refractivity contribution in [3.05, 3.63) is 58.6 Å². The molecular formula is C21H26BrNO3. The summed E-state index contributed by atoms with van der Waals surface area (Å²) in [6.45, 7) is 6.05. The van der Waals surface area contributed by atoms with Crippen LogP contribution in [-0.4, -0.2) is 19.1 Å². The average Bonchev–Trinajstić information content (AvgIpc) is 2.62. The van der Waals surface area contributed by atoms with E-state index in [4.69, 9.17) is 9.47 Å². The molecule has 1 N–H and O–H groups in total. The van der Waals surface area contributed by atoms with Gasteiger partial charge in [-0.2, -0.15) is 0 Å². The van der Waals surface area contributed by atoms with Crippen LogP contribution in [0.1, 0.15) is 38.8 Å². The summed E-state index contributed by atoms with van der Waals surface area (Å²) in [6.07, 6.45) is 0.271. The second-order valence-corrected chi connectivity index (χ2v) is 7.59. The van der Waals surface area contributed by atoms with Crippen molar-refractivity contribution >= 4 is 21.8 Å². The molecule has 0 aliphatic rings. The van der Waals surface area contributed by atoms with Crippen LogP contribution in [0, 0.1) is 5.92 Å². The summed E-state index contributed by atoms with van der Waals surface area (Å²) in [6, 6.07) is 15.2. The maximum absolute atomic E-state index is 12.6. The van der Waals surface area contributed by atoms with E-state index in [1.807, 2.05) is 48.5 Å². The lowest BCUT2D eigenvalue weighted by atomic mass is 9.96. The van der Waals surface area contributed by atoms with Crippen molar-refractivity contribution in [3.63, 3.8) is 0 Å². The van der Waals surface area contributed by atoms with Crippen LogP contribution < -0.4 is 14.8 Å². The van der Waals surface area contributed by atoms with Crippen molar-refractivity contribution < 1.29 is 14.3 Å². The van der Waals surface area contributed by atoms with E-state index in [9.17, 15) is 4.79 Å². The molecule has 0 unspecified atom stereocenters.